The Balaban J connectivity index is 1.18. The predicted octanol–water partition coefficient (Wildman–Crippen LogP) is 6.54. The van der Waals surface area contributed by atoms with Gasteiger partial charge in [-0.2, -0.15) is 0 Å². The Bertz CT molecular complexity index is 2700. The summed E-state index contributed by atoms with van der Waals surface area (Å²) in [6, 6.07) is 43.0. The Morgan fingerprint density at radius 3 is 1.42 bits per heavy atom. The van der Waals surface area contributed by atoms with Crippen LogP contribution >= 0.6 is 0 Å². The van der Waals surface area contributed by atoms with Crippen molar-refractivity contribution < 1.29 is 24.2 Å². The van der Waals surface area contributed by atoms with Crippen molar-refractivity contribution >= 4 is 11.4 Å². The number of hydrogen-bond acceptors (Lipinski definition) is 9. The number of aromatic nitrogens is 8. The fourth-order valence-corrected chi connectivity index (χ4v) is 6.12. The number of benzene rings is 6. The first-order valence-corrected chi connectivity index (χ1v) is 17.0. The first-order chi connectivity index (χ1) is 26.8. The fraction of sp³-hybridized carbons (Fsp3) is 0.0500. The van der Waals surface area contributed by atoms with Crippen LogP contribution in [0.5, 0.6) is 5.75 Å². The van der Waals surface area contributed by atoms with Gasteiger partial charge in [0.05, 0.1) is 38.3 Å². The highest BCUT2D eigenvalue weighted by Gasteiger charge is 2.28. The zero-order chi connectivity index (χ0) is 38.1. The second-order valence-corrected chi connectivity index (χ2v) is 12.4. The molecule has 0 aliphatic heterocycles. The van der Waals surface area contributed by atoms with E-state index < -0.39 is 9.85 Å². The van der Waals surface area contributed by atoms with Crippen molar-refractivity contribution in [3.63, 3.8) is 0 Å². The highest BCUT2D eigenvalue weighted by atomic mass is 16.6. The van der Waals surface area contributed by atoms with Crippen LogP contribution in [0.2, 0.25) is 0 Å². The average molecular weight is 731 g/mol. The van der Waals surface area contributed by atoms with E-state index in [9.17, 15) is 20.2 Å². The molecule has 55 heavy (non-hydrogen) atoms. The molecule has 0 fully saturated rings. The minimum Gasteiger partial charge on any atom is -0.492 e. The minimum atomic E-state index is -0.449. The van der Waals surface area contributed by atoms with Crippen molar-refractivity contribution in [2.24, 2.45) is 0 Å². The third-order valence-electron chi connectivity index (χ3n) is 8.90. The van der Waals surface area contributed by atoms with Crippen LogP contribution in [0.1, 0.15) is 5.56 Å². The maximum atomic E-state index is 11.3. The Kier molecular flexibility index (Phi) is 8.84. The summed E-state index contributed by atoms with van der Waals surface area (Å²) in [5.74, 6) is 1.45. The first kappa shape index (κ1) is 34.2. The van der Waals surface area contributed by atoms with Gasteiger partial charge in [-0.05, 0) is 123 Å². The monoisotopic (exact) mass is 730 g/mol. The predicted molar refractivity (Wildman–Crippen MR) is 200 cm³/mol. The van der Waals surface area contributed by atoms with E-state index in [4.69, 9.17) is 25.1 Å². The summed E-state index contributed by atoms with van der Waals surface area (Å²) in [4.78, 5) is 28.3. The highest BCUT2D eigenvalue weighted by Crippen LogP contribution is 2.30. The van der Waals surface area contributed by atoms with E-state index in [2.05, 4.69) is 0 Å². The smallest absolute Gasteiger partial charge is 0.340 e. The van der Waals surface area contributed by atoms with Gasteiger partial charge in [-0.3, -0.25) is 20.2 Å². The van der Waals surface area contributed by atoms with Gasteiger partial charge in [0.15, 0.2) is 11.4 Å². The summed E-state index contributed by atoms with van der Waals surface area (Å²) in [6.45, 7) is 1.97. The number of non-ortho nitro benzene ring substituents is 2. The molecule has 15 nitrogen and oxygen atoms in total. The van der Waals surface area contributed by atoms with Gasteiger partial charge in [-0.1, -0.05) is 36.4 Å². The third-order valence-corrected chi connectivity index (χ3v) is 8.90. The number of methoxy groups -OCH3 is 1. The normalized spacial score (nSPS) is 11.0. The molecule has 6 aromatic carbocycles. The van der Waals surface area contributed by atoms with Gasteiger partial charge in [-0.25, -0.2) is 0 Å². The zero-order valence-electron chi connectivity index (χ0n) is 29.4. The summed E-state index contributed by atoms with van der Waals surface area (Å²) in [5, 5.41) is 41.9. The Morgan fingerprint density at radius 2 is 0.982 bits per heavy atom. The molecule has 2 aromatic heterocycles. The second-order valence-electron chi connectivity index (χ2n) is 12.4. The lowest BCUT2D eigenvalue weighted by atomic mass is 10.0. The van der Waals surface area contributed by atoms with Gasteiger partial charge in [0, 0.05) is 39.4 Å². The fourth-order valence-electron chi connectivity index (χ4n) is 6.12. The molecular formula is C40H30N10O5+2. The van der Waals surface area contributed by atoms with Crippen molar-refractivity contribution in [3.8, 4) is 62.4 Å². The van der Waals surface area contributed by atoms with Crippen LogP contribution in [0.3, 0.4) is 0 Å². The summed E-state index contributed by atoms with van der Waals surface area (Å²) in [6.07, 6.45) is 0. The van der Waals surface area contributed by atoms with E-state index in [-0.39, 0.29) is 11.4 Å². The molecule has 0 aliphatic carbocycles. The van der Waals surface area contributed by atoms with Gasteiger partial charge in [0.2, 0.25) is 5.69 Å². The number of rotatable bonds is 10. The minimum absolute atomic E-state index is 0.0256. The lowest BCUT2D eigenvalue weighted by Crippen LogP contribution is -2.43. The van der Waals surface area contributed by atoms with Crippen LogP contribution in [0.15, 0.2) is 146 Å². The molecule has 0 saturated carbocycles. The van der Waals surface area contributed by atoms with E-state index in [0.717, 1.165) is 33.5 Å². The number of ether oxygens (including phenoxy) is 1. The van der Waals surface area contributed by atoms with Crippen LogP contribution in [0, 0.1) is 27.2 Å². The van der Waals surface area contributed by atoms with Crippen molar-refractivity contribution in [3.05, 3.63) is 171 Å². The molecule has 8 rings (SSSR count). The largest absolute Gasteiger partial charge is 0.492 e. The molecule has 0 saturated heterocycles. The number of tetrazole rings is 2. The molecule has 0 unspecified atom stereocenters. The summed E-state index contributed by atoms with van der Waals surface area (Å²) in [7, 11) is 1.58. The summed E-state index contributed by atoms with van der Waals surface area (Å²) >= 11 is 0. The third kappa shape index (κ3) is 6.64. The number of hydrogen-bond donors (Lipinski definition) is 0. The standard InChI is InChI=1S/C40H30N10O5/c1-27-25-30(13-23-36(27)47-43-39(28-9-5-3-6-10-28)41-45(47)32-15-19-34(20-16-32)49(51)52)31-14-24-37(38(26-31)55-2)48-44-40(29-11-7-4-8-12-29)42-46(48)33-17-21-35(22-18-33)50(53)54/h3-26H,1-2H3/q+2. The number of nitro groups is 2. The van der Waals surface area contributed by atoms with Crippen LogP contribution < -0.4 is 14.3 Å². The molecule has 0 amide bonds. The van der Waals surface area contributed by atoms with Crippen molar-refractivity contribution in [1.82, 2.24) is 30.0 Å². The number of aryl methyl sites for hydroxylation is 1. The van der Waals surface area contributed by atoms with Crippen molar-refractivity contribution in [2.45, 2.75) is 6.92 Å². The highest BCUT2D eigenvalue weighted by molar-refractivity contribution is 5.69. The van der Waals surface area contributed by atoms with Gasteiger partial charge in [-0.15, -0.1) is 0 Å². The molecular weight excluding hydrogens is 701 g/mol. The molecule has 0 atom stereocenters. The van der Waals surface area contributed by atoms with Crippen molar-refractivity contribution in [1.29, 1.82) is 0 Å². The zero-order valence-corrected chi connectivity index (χ0v) is 29.4. The van der Waals surface area contributed by atoms with Gasteiger partial charge in [0.25, 0.3) is 11.4 Å². The molecule has 0 aliphatic rings. The van der Waals surface area contributed by atoms with E-state index in [0.29, 0.717) is 34.5 Å². The molecule has 268 valence electrons. The number of nitro benzene ring substituents is 2. The van der Waals surface area contributed by atoms with E-state index in [1.165, 1.54) is 24.3 Å². The molecule has 0 spiro atoms. The van der Waals surface area contributed by atoms with Crippen molar-refractivity contribution in [2.75, 3.05) is 7.11 Å². The van der Waals surface area contributed by atoms with E-state index in [1.54, 1.807) is 50.6 Å². The molecule has 0 radical (unpaired) electrons. The first-order valence-electron chi connectivity index (χ1n) is 17.0. The van der Waals surface area contributed by atoms with E-state index >= 15 is 0 Å². The summed E-state index contributed by atoms with van der Waals surface area (Å²) in [5.41, 5.74) is 6.71. The molecule has 2 heterocycles. The second kappa shape index (κ2) is 14.2. The van der Waals surface area contributed by atoms with Gasteiger partial charge >= 0.3 is 11.6 Å². The SMILES string of the molecule is COc1cc(-c2ccc(-[n+]3nc(-c4ccccc4)nn3-c3ccc([N+](=O)[O-])cc3)c(C)c2)ccc1-[n+]1nc(-c2ccccc2)nn1-c1ccc([N+](=O)[O-])cc1. The topological polar surface area (TPSA) is 165 Å². The lowest BCUT2D eigenvalue weighted by molar-refractivity contribution is -0.735. The maximum Gasteiger partial charge on any atom is 0.340 e. The summed E-state index contributed by atoms with van der Waals surface area (Å²) < 4.78 is 5.92. The average Bonchev–Trinajstić information content (AvgIpc) is 3.87. The molecule has 15 heteroatoms. The van der Waals surface area contributed by atoms with Crippen LogP contribution in [-0.4, -0.2) is 46.9 Å². The lowest BCUT2D eigenvalue weighted by Gasteiger charge is -2.10. The van der Waals surface area contributed by atoms with E-state index in [1.807, 2.05) is 104 Å². The molecule has 0 bridgehead atoms. The number of nitrogens with zero attached hydrogens (tertiary/aromatic N) is 10. The molecule has 0 N–H and O–H groups in total. The van der Waals surface area contributed by atoms with Crippen LogP contribution in [0.4, 0.5) is 11.4 Å². The Hall–Kier alpha value is -7.94. The molecule has 8 aromatic rings. The van der Waals surface area contributed by atoms with Crippen LogP contribution in [0.25, 0.3) is 56.7 Å². The Labute approximate surface area is 312 Å². The quantitative estimate of drug-likeness (QED) is 0.0864. The maximum absolute atomic E-state index is 11.3. The van der Waals surface area contributed by atoms with Gasteiger partial charge in [0.1, 0.15) is 11.4 Å². The van der Waals surface area contributed by atoms with Gasteiger partial charge < -0.3 is 4.74 Å². The van der Waals surface area contributed by atoms with Crippen LogP contribution in [-0.2, 0) is 0 Å². The Morgan fingerprint density at radius 1 is 0.545 bits per heavy atom.